The molecule has 0 radical (unpaired) electrons. The van der Waals surface area contributed by atoms with Crippen molar-refractivity contribution in [2.75, 3.05) is 20.2 Å². The zero-order valence-electron chi connectivity index (χ0n) is 17.5. The van der Waals surface area contributed by atoms with Gasteiger partial charge in [-0.1, -0.05) is 31.4 Å². The van der Waals surface area contributed by atoms with Crippen molar-refractivity contribution in [3.8, 4) is 0 Å². The van der Waals surface area contributed by atoms with Gasteiger partial charge in [-0.25, -0.2) is 9.59 Å². The molecule has 1 N–H and O–H groups in total. The van der Waals surface area contributed by atoms with Crippen LogP contribution in [0.25, 0.3) is 0 Å². The van der Waals surface area contributed by atoms with Crippen LogP contribution in [0.15, 0.2) is 37.0 Å². The summed E-state index contributed by atoms with van der Waals surface area (Å²) >= 11 is 0. The van der Waals surface area contributed by atoms with Gasteiger partial charge in [-0.15, -0.1) is 0 Å². The van der Waals surface area contributed by atoms with E-state index in [1.54, 1.807) is 45.9 Å². The van der Waals surface area contributed by atoms with Crippen LogP contribution in [0, 0.1) is 5.41 Å². The fourth-order valence-electron chi connectivity index (χ4n) is 2.69. The number of rotatable bonds is 9. The molecule has 0 aromatic carbocycles. The lowest BCUT2D eigenvalue weighted by Gasteiger charge is -2.32. The number of nitrogens with one attached hydrogen (secondary N) is 1. The minimum Gasteiger partial charge on any atom is -0.467 e. The molecule has 0 aliphatic heterocycles. The molecule has 156 valence electrons. The maximum Gasteiger partial charge on any atom is 0.407 e. The molecule has 0 heterocycles. The van der Waals surface area contributed by atoms with Crippen molar-refractivity contribution in [3.63, 3.8) is 0 Å². The Kier molecular flexibility index (Phi) is 8.02. The van der Waals surface area contributed by atoms with Gasteiger partial charge in [0.2, 0.25) is 5.91 Å². The molecule has 7 nitrogen and oxygen atoms in total. The maximum absolute atomic E-state index is 13.3. The van der Waals surface area contributed by atoms with E-state index in [2.05, 4.69) is 18.5 Å². The Morgan fingerprint density at radius 3 is 2.29 bits per heavy atom. The van der Waals surface area contributed by atoms with Crippen LogP contribution in [0.4, 0.5) is 4.79 Å². The first-order valence-corrected chi connectivity index (χ1v) is 9.29. The van der Waals surface area contributed by atoms with E-state index < -0.39 is 29.1 Å². The molecule has 0 saturated heterocycles. The van der Waals surface area contributed by atoms with E-state index in [0.717, 1.165) is 5.57 Å². The number of amides is 2. The van der Waals surface area contributed by atoms with Crippen molar-refractivity contribution in [2.45, 2.75) is 52.2 Å². The van der Waals surface area contributed by atoms with Gasteiger partial charge in [0.25, 0.3) is 0 Å². The van der Waals surface area contributed by atoms with E-state index in [9.17, 15) is 14.4 Å². The topological polar surface area (TPSA) is 84.9 Å². The molecule has 0 aromatic rings. The van der Waals surface area contributed by atoms with Gasteiger partial charge in [-0.05, 0) is 46.1 Å². The molecule has 1 rings (SSSR count). The highest BCUT2D eigenvalue weighted by Gasteiger charge is 2.53. The summed E-state index contributed by atoms with van der Waals surface area (Å²) in [5.41, 5.74) is -0.612. The van der Waals surface area contributed by atoms with Gasteiger partial charge >= 0.3 is 12.1 Å². The number of hydrogen-bond donors (Lipinski definition) is 1. The number of alkyl carbamates (subject to hydrolysis) is 1. The van der Waals surface area contributed by atoms with Crippen molar-refractivity contribution >= 4 is 18.0 Å². The second-order valence-corrected chi connectivity index (χ2v) is 7.95. The first kappa shape index (κ1) is 23.5. The molecular formula is C21H32N2O5. The van der Waals surface area contributed by atoms with E-state index in [1.807, 2.05) is 0 Å². The first-order valence-electron chi connectivity index (χ1n) is 9.29. The lowest BCUT2D eigenvalue weighted by atomic mass is 10.0. The Morgan fingerprint density at radius 2 is 1.86 bits per heavy atom. The largest absolute Gasteiger partial charge is 0.467 e. The minimum atomic E-state index is -0.773. The molecule has 1 aliphatic carbocycles. The molecule has 28 heavy (non-hydrogen) atoms. The van der Waals surface area contributed by atoms with Crippen molar-refractivity contribution < 1.29 is 23.9 Å². The van der Waals surface area contributed by atoms with Crippen LogP contribution in [0.3, 0.4) is 0 Å². The van der Waals surface area contributed by atoms with Crippen LogP contribution in [0.1, 0.15) is 40.5 Å². The number of carbonyl (C=O) groups is 3. The summed E-state index contributed by atoms with van der Waals surface area (Å²) in [6.07, 6.45) is 5.62. The zero-order valence-corrected chi connectivity index (χ0v) is 17.5. The predicted molar refractivity (Wildman–Crippen MR) is 108 cm³/mol. The van der Waals surface area contributed by atoms with E-state index in [0.29, 0.717) is 12.8 Å². The first-order chi connectivity index (χ1) is 13.0. The molecule has 7 heteroatoms. The SMILES string of the molecule is C=C/C=C(\C=C)CN(C(=O)C1(CNC(=O)OC(C)(C)C)CC1)C(C)C(=O)OC. The smallest absolute Gasteiger partial charge is 0.407 e. The van der Waals surface area contributed by atoms with Gasteiger partial charge < -0.3 is 19.7 Å². The van der Waals surface area contributed by atoms with E-state index >= 15 is 0 Å². The molecule has 0 aromatic heterocycles. The van der Waals surface area contributed by atoms with Crippen LogP contribution in [0.2, 0.25) is 0 Å². The molecule has 1 unspecified atom stereocenters. The summed E-state index contributed by atoms with van der Waals surface area (Å²) in [5, 5.41) is 2.68. The molecule has 1 aliphatic rings. The van der Waals surface area contributed by atoms with Gasteiger partial charge in [-0.3, -0.25) is 4.79 Å². The summed E-state index contributed by atoms with van der Waals surface area (Å²) in [7, 11) is 1.28. The minimum absolute atomic E-state index is 0.153. The summed E-state index contributed by atoms with van der Waals surface area (Å²) in [6, 6.07) is -0.773. The van der Waals surface area contributed by atoms with Crippen molar-refractivity contribution in [2.24, 2.45) is 5.41 Å². The third kappa shape index (κ3) is 6.55. The summed E-state index contributed by atoms with van der Waals surface area (Å²) < 4.78 is 10.1. The van der Waals surface area contributed by atoms with E-state index in [1.165, 1.54) is 12.0 Å². The number of methoxy groups -OCH3 is 1. The highest BCUT2D eigenvalue weighted by molar-refractivity contribution is 5.90. The average Bonchev–Trinajstić information content (AvgIpc) is 3.41. The average molecular weight is 392 g/mol. The van der Waals surface area contributed by atoms with Gasteiger partial charge in [0, 0.05) is 13.1 Å². The fourth-order valence-corrected chi connectivity index (χ4v) is 2.69. The Bertz CT molecular complexity index is 656. The lowest BCUT2D eigenvalue weighted by molar-refractivity contribution is -0.153. The number of carbonyl (C=O) groups excluding carboxylic acids is 3. The van der Waals surface area contributed by atoms with Crippen molar-refractivity contribution in [1.29, 1.82) is 0 Å². The fraction of sp³-hybridized carbons (Fsp3) is 0.571. The Labute approximate surface area is 167 Å². The molecule has 1 saturated carbocycles. The number of hydrogen-bond acceptors (Lipinski definition) is 5. The number of nitrogens with zero attached hydrogens (tertiary/aromatic N) is 1. The van der Waals surface area contributed by atoms with Crippen LogP contribution in [-0.2, 0) is 19.1 Å². The summed E-state index contributed by atoms with van der Waals surface area (Å²) in [5.74, 6) is -0.718. The third-order valence-corrected chi connectivity index (χ3v) is 4.49. The number of esters is 1. The molecule has 1 fully saturated rings. The maximum atomic E-state index is 13.3. The predicted octanol–water partition coefficient (Wildman–Crippen LogP) is 2.98. The van der Waals surface area contributed by atoms with Gasteiger partial charge in [0.15, 0.2) is 0 Å². The summed E-state index contributed by atoms with van der Waals surface area (Å²) in [4.78, 5) is 38.8. The van der Waals surface area contributed by atoms with Crippen LogP contribution in [0.5, 0.6) is 0 Å². The number of ether oxygens (including phenoxy) is 2. The second-order valence-electron chi connectivity index (χ2n) is 7.95. The van der Waals surface area contributed by atoms with Crippen LogP contribution < -0.4 is 5.32 Å². The van der Waals surface area contributed by atoms with Crippen LogP contribution >= 0.6 is 0 Å². The quantitative estimate of drug-likeness (QED) is 0.482. The Balaban J connectivity index is 2.96. The van der Waals surface area contributed by atoms with Crippen molar-refractivity contribution in [3.05, 3.63) is 37.0 Å². The molecular weight excluding hydrogens is 360 g/mol. The van der Waals surface area contributed by atoms with E-state index in [-0.39, 0.29) is 19.0 Å². The normalized spacial score (nSPS) is 16.4. The molecule has 1 atom stereocenters. The monoisotopic (exact) mass is 392 g/mol. The third-order valence-electron chi connectivity index (χ3n) is 4.49. The molecule has 2 amide bonds. The zero-order chi connectivity index (χ0) is 21.5. The Hall–Kier alpha value is -2.57. The van der Waals surface area contributed by atoms with E-state index in [4.69, 9.17) is 9.47 Å². The van der Waals surface area contributed by atoms with Gasteiger partial charge in [-0.2, -0.15) is 0 Å². The van der Waals surface area contributed by atoms with Gasteiger partial charge in [0.05, 0.1) is 12.5 Å². The summed E-state index contributed by atoms with van der Waals surface area (Å²) in [6.45, 7) is 14.7. The number of allylic oxidation sites excluding steroid dienone is 2. The standard InChI is InChI=1S/C21H32N2O5/c1-8-10-16(9-2)13-23(15(3)17(24)27-7)18(25)21(11-12-21)14-22-19(26)28-20(4,5)6/h8-10,15H,1-2,11-14H2,3-7H3,(H,22,26)/b16-10+. The molecule has 0 bridgehead atoms. The lowest BCUT2D eigenvalue weighted by Crippen LogP contribution is -2.50. The second kappa shape index (κ2) is 9.57. The van der Waals surface area contributed by atoms with Crippen molar-refractivity contribution in [1.82, 2.24) is 10.2 Å². The highest BCUT2D eigenvalue weighted by Crippen LogP contribution is 2.47. The Morgan fingerprint density at radius 1 is 1.25 bits per heavy atom. The van der Waals surface area contributed by atoms with Crippen LogP contribution in [-0.4, -0.2) is 54.7 Å². The van der Waals surface area contributed by atoms with Gasteiger partial charge in [0.1, 0.15) is 11.6 Å². The molecule has 0 spiro atoms. The highest BCUT2D eigenvalue weighted by atomic mass is 16.6.